The van der Waals surface area contributed by atoms with E-state index in [1.165, 1.54) is 44.9 Å². The van der Waals surface area contributed by atoms with Crippen molar-refractivity contribution in [2.45, 2.75) is 44.9 Å². The first-order chi connectivity index (χ1) is 10.7. The lowest BCUT2D eigenvalue weighted by Gasteiger charge is -2.35. The first-order valence-corrected chi connectivity index (χ1v) is 9.22. The van der Waals surface area contributed by atoms with Crippen LogP contribution in [-0.4, -0.2) is 11.6 Å². The predicted octanol–water partition coefficient (Wildman–Crippen LogP) is 3.47. The van der Waals surface area contributed by atoms with Gasteiger partial charge in [-0.3, -0.25) is 9.59 Å². The highest BCUT2D eigenvalue weighted by atomic mass is 16.1. The molecule has 0 amide bonds. The Kier molecular flexibility index (Phi) is 2.04. The van der Waals surface area contributed by atoms with Crippen molar-refractivity contribution in [3.63, 3.8) is 0 Å². The van der Waals surface area contributed by atoms with Crippen molar-refractivity contribution >= 4 is 11.6 Å². The van der Waals surface area contributed by atoms with Gasteiger partial charge in [0.25, 0.3) is 0 Å². The van der Waals surface area contributed by atoms with E-state index in [1.807, 2.05) is 0 Å². The summed E-state index contributed by atoms with van der Waals surface area (Å²) >= 11 is 0. The van der Waals surface area contributed by atoms with Gasteiger partial charge in [0.15, 0.2) is 11.6 Å². The van der Waals surface area contributed by atoms with Crippen molar-refractivity contribution in [3.05, 3.63) is 23.3 Å². The lowest BCUT2D eigenvalue weighted by Crippen LogP contribution is -2.38. The molecule has 2 heteroatoms. The maximum atomic E-state index is 12.7. The first kappa shape index (κ1) is 12.3. The maximum Gasteiger partial charge on any atom is 0.160 e. The molecule has 0 N–H and O–H groups in total. The molecule has 1 spiro atoms. The smallest absolute Gasteiger partial charge is 0.160 e. The molecule has 0 radical (unpaired) electrons. The van der Waals surface area contributed by atoms with Crippen LogP contribution in [0.2, 0.25) is 0 Å². The molecule has 114 valence electrons. The molecule has 0 aromatic carbocycles. The van der Waals surface area contributed by atoms with E-state index in [0.717, 1.165) is 11.8 Å². The highest BCUT2D eigenvalue weighted by Crippen LogP contribution is 2.77. The second-order valence-corrected chi connectivity index (χ2v) is 8.70. The van der Waals surface area contributed by atoms with Gasteiger partial charge in [0.2, 0.25) is 0 Å². The second kappa shape index (κ2) is 3.66. The van der Waals surface area contributed by atoms with Crippen LogP contribution >= 0.6 is 0 Å². The zero-order valence-electron chi connectivity index (χ0n) is 12.9. The lowest BCUT2D eigenvalue weighted by molar-refractivity contribution is -0.129. The van der Waals surface area contributed by atoms with E-state index in [9.17, 15) is 9.59 Å². The number of ketones is 2. The standard InChI is InChI=1S/C20H22O2/c21-12-5-6-13(22)17-16(12)18-14-10-3-4-11(9-10)15(14)19(17)20(18)7-1-2-8-20/h5-6,10-11,16-19H,1-4,7-9H2/t10-,11-,16+,17+,18+,19+/m0/s1. The lowest BCUT2D eigenvalue weighted by atomic mass is 9.67. The van der Waals surface area contributed by atoms with Crippen molar-refractivity contribution in [2.75, 3.05) is 0 Å². The Hall–Kier alpha value is -1.18. The summed E-state index contributed by atoms with van der Waals surface area (Å²) in [6.07, 6.45) is 12.4. The monoisotopic (exact) mass is 294 g/mol. The number of rotatable bonds is 0. The summed E-state index contributed by atoms with van der Waals surface area (Å²) in [4.78, 5) is 25.4. The molecule has 0 unspecified atom stereocenters. The largest absolute Gasteiger partial charge is 0.294 e. The number of allylic oxidation sites excluding steroid dienone is 4. The number of carbonyl (C=O) groups excluding carboxylic acids is 2. The number of fused-ring (bicyclic) bond motifs is 9. The number of hydrogen-bond acceptors (Lipinski definition) is 2. The molecule has 3 fully saturated rings. The van der Waals surface area contributed by atoms with Crippen molar-refractivity contribution in [1.82, 2.24) is 0 Å². The van der Waals surface area contributed by atoms with Crippen LogP contribution in [0.25, 0.3) is 0 Å². The molecule has 0 heterocycles. The minimum Gasteiger partial charge on any atom is -0.294 e. The molecule has 4 bridgehead atoms. The van der Waals surface area contributed by atoms with Crippen molar-refractivity contribution in [3.8, 4) is 0 Å². The third-order valence-corrected chi connectivity index (χ3v) is 8.26. The Balaban J connectivity index is 1.60. The van der Waals surface area contributed by atoms with Crippen LogP contribution in [0.1, 0.15) is 44.9 Å². The fourth-order valence-electron chi connectivity index (χ4n) is 7.94. The summed E-state index contributed by atoms with van der Waals surface area (Å²) in [7, 11) is 0. The van der Waals surface area contributed by atoms with Crippen LogP contribution in [0.5, 0.6) is 0 Å². The van der Waals surface area contributed by atoms with Gasteiger partial charge in [-0.25, -0.2) is 0 Å². The Labute approximate surface area is 131 Å². The van der Waals surface area contributed by atoms with Crippen LogP contribution in [0.15, 0.2) is 23.3 Å². The van der Waals surface area contributed by atoms with Crippen LogP contribution in [-0.2, 0) is 9.59 Å². The fraction of sp³-hybridized carbons (Fsp3) is 0.700. The average Bonchev–Trinajstić information content (AvgIpc) is 3.30. The molecule has 0 saturated heterocycles. The Morgan fingerprint density at radius 1 is 0.818 bits per heavy atom. The summed E-state index contributed by atoms with van der Waals surface area (Å²) in [6.45, 7) is 0. The van der Waals surface area contributed by atoms with E-state index in [2.05, 4.69) is 0 Å². The third-order valence-electron chi connectivity index (χ3n) is 8.26. The molecule has 6 aliphatic rings. The van der Waals surface area contributed by atoms with Gasteiger partial charge in [0.05, 0.1) is 0 Å². The Bertz CT molecular complexity index is 626. The Morgan fingerprint density at radius 2 is 1.32 bits per heavy atom. The molecule has 6 aliphatic carbocycles. The summed E-state index contributed by atoms with van der Waals surface area (Å²) in [5.41, 5.74) is 3.72. The molecule has 22 heavy (non-hydrogen) atoms. The third kappa shape index (κ3) is 1.10. The van der Waals surface area contributed by atoms with E-state index in [-0.39, 0.29) is 23.4 Å². The van der Waals surface area contributed by atoms with Crippen molar-refractivity contribution < 1.29 is 9.59 Å². The molecule has 6 atom stereocenters. The topological polar surface area (TPSA) is 34.1 Å². The summed E-state index contributed by atoms with van der Waals surface area (Å²) < 4.78 is 0. The van der Waals surface area contributed by atoms with E-state index < -0.39 is 0 Å². The van der Waals surface area contributed by atoms with E-state index in [4.69, 9.17) is 0 Å². The minimum atomic E-state index is 0.0127. The zero-order chi connectivity index (χ0) is 14.6. The Morgan fingerprint density at radius 3 is 1.82 bits per heavy atom. The second-order valence-electron chi connectivity index (χ2n) is 8.70. The van der Waals surface area contributed by atoms with Gasteiger partial charge in [-0.1, -0.05) is 24.0 Å². The van der Waals surface area contributed by atoms with Gasteiger partial charge in [-0.15, -0.1) is 0 Å². The molecule has 0 aromatic rings. The van der Waals surface area contributed by atoms with Gasteiger partial charge in [0.1, 0.15) is 0 Å². The van der Waals surface area contributed by atoms with Crippen LogP contribution < -0.4 is 0 Å². The van der Waals surface area contributed by atoms with Gasteiger partial charge in [-0.05, 0) is 73.3 Å². The van der Waals surface area contributed by atoms with E-state index in [1.54, 1.807) is 23.3 Å². The van der Waals surface area contributed by atoms with Gasteiger partial charge in [-0.2, -0.15) is 0 Å². The van der Waals surface area contributed by atoms with Crippen molar-refractivity contribution in [1.29, 1.82) is 0 Å². The van der Waals surface area contributed by atoms with Gasteiger partial charge >= 0.3 is 0 Å². The predicted molar refractivity (Wildman–Crippen MR) is 81.9 cm³/mol. The minimum absolute atomic E-state index is 0.0127. The quantitative estimate of drug-likeness (QED) is 0.641. The van der Waals surface area contributed by atoms with Gasteiger partial charge in [0, 0.05) is 11.8 Å². The molecule has 6 rings (SSSR count). The summed E-state index contributed by atoms with van der Waals surface area (Å²) in [6, 6.07) is 0. The van der Waals surface area contributed by atoms with Crippen LogP contribution in [0.4, 0.5) is 0 Å². The molecule has 2 nitrogen and oxygen atoms in total. The average molecular weight is 294 g/mol. The zero-order valence-corrected chi connectivity index (χ0v) is 12.9. The van der Waals surface area contributed by atoms with Gasteiger partial charge < -0.3 is 0 Å². The SMILES string of the molecule is O=C1C=CC(=O)[C@@H]2[C@@H]1[C@H]1C3=C([C@H]4CC[C@H]3C4)[C@H]2C12CCCC2. The highest BCUT2D eigenvalue weighted by Gasteiger charge is 2.72. The van der Waals surface area contributed by atoms with E-state index >= 15 is 0 Å². The molecule has 0 aromatic heterocycles. The molecule has 3 saturated carbocycles. The van der Waals surface area contributed by atoms with Crippen molar-refractivity contribution in [2.24, 2.45) is 40.9 Å². The van der Waals surface area contributed by atoms with E-state index in [0.29, 0.717) is 17.3 Å². The normalized spacial score (nSPS) is 49.6. The maximum absolute atomic E-state index is 12.7. The molecular formula is C20H22O2. The summed E-state index contributed by atoms with van der Waals surface area (Å²) in [5.74, 6) is 2.96. The molecular weight excluding hydrogens is 272 g/mol. The highest BCUT2D eigenvalue weighted by molar-refractivity contribution is 6.08. The van der Waals surface area contributed by atoms with Crippen LogP contribution in [0.3, 0.4) is 0 Å². The first-order valence-electron chi connectivity index (χ1n) is 9.22. The van der Waals surface area contributed by atoms with Crippen LogP contribution in [0, 0.1) is 40.9 Å². The number of carbonyl (C=O) groups is 2. The molecule has 0 aliphatic heterocycles. The summed E-state index contributed by atoms with van der Waals surface area (Å²) in [5, 5.41) is 0. The number of hydrogen-bond donors (Lipinski definition) is 0. The fourth-order valence-corrected chi connectivity index (χ4v) is 7.94.